The predicted octanol–water partition coefficient (Wildman–Crippen LogP) is -7.42. The summed E-state index contributed by atoms with van der Waals surface area (Å²) < 4.78 is 0. The Morgan fingerprint density at radius 2 is 1.36 bits per heavy atom. The van der Waals surface area contributed by atoms with Crippen molar-refractivity contribution >= 4 is 6.16 Å². The van der Waals surface area contributed by atoms with E-state index in [0.717, 1.165) is 0 Å². The number of nitrogens with one attached hydrogen (secondary N) is 1. The molecule has 0 aliphatic rings. The molecule has 0 atom stereocenters. The number of carbonyl (C=O) groups is 1. The van der Waals surface area contributed by atoms with Crippen molar-refractivity contribution in [3.63, 3.8) is 0 Å². The summed E-state index contributed by atoms with van der Waals surface area (Å²) in [6, 6.07) is 3.89. The second kappa shape index (κ2) is 13.2. The van der Waals surface area contributed by atoms with Crippen LogP contribution in [0, 0.1) is 0 Å². The van der Waals surface area contributed by atoms with Crippen molar-refractivity contribution in [2.24, 2.45) is 0 Å². The van der Waals surface area contributed by atoms with Crippen LogP contribution < -0.4 is 69.3 Å². The summed E-state index contributed by atoms with van der Waals surface area (Å²) in [5.74, 6) is 0. The number of hydrogen-bond acceptors (Lipinski definition) is 3. The Morgan fingerprint density at radius 3 is 1.45 bits per heavy atom. The third-order valence-electron chi connectivity index (χ3n) is 0.496. The van der Waals surface area contributed by atoms with Gasteiger partial charge in [0.15, 0.2) is 0 Å². The fourth-order valence-corrected chi connectivity index (χ4v) is 0.278. The molecule has 0 aliphatic heterocycles. The first-order valence-electron chi connectivity index (χ1n) is 2.19. The molecule has 1 N–H and O–H groups in total. The minimum absolute atomic E-state index is 0. The first kappa shape index (κ1) is 17.6. The molecule has 50 valence electrons. The Balaban J connectivity index is -0.000000101. The summed E-state index contributed by atoms with van der Waals surface area (Å²) >= 11 is 0. The van der Waals surface area contributed by atoms with Crippen LogP contribution in [0.15, 0.2) is 24.5 Å². The Morgan fingerprint density at radius 1 is 1.09 bits per heavy atom. The Labute approximate surface area is 109 Å². The average Bonchev–Trinajstić information content (AvgIpc) is 2.11. The van der Waals surface area contributed by atoms with E-state index in [-0.39, 0.29) is 59.1 Å². The molecular weight excluding hydrogens is 168 g/mol. The minimum atomic E-state index is -2.33. The zero-order chi connectivity index (χ0) is 7.11. The molecule has 0 radical (unpaired) electrons. The largest absolute Gasteiger partial charge is 1.00 e. The Bertz CT molecular complexity index is 134. The second-order valence-corrected chi connectivity index (χ2v) is 1.13. The molecule has 0 amide bonds. The maximum atomic E-state index is 8.33. The van der Waals surface area contributed by atoms with E-state index in [0.29, 0.717) is 0 Å². The van der Waals surface area contributed by atoms with Crippen LogP contribution in [0.25, 0.3) is 0 Å². The van der Waals surface area contributed by atoms with Gasteiger partial charge in [-0.15, -0.1) is 0 Å². The van der Waals surface area contributed by atoms with Crippen molar-refractivity contribution in [2.45, 2.75) is 0 Å². The molecule has 4 nitrogen and oxygen atoms in total. The summed E-state index contributed by atoms with van der Waals surface area (Å²) in [7, 11) is 0. The SMILES string of the molecule is O=C([O-])[O-].[Na+].[Na+].c1cc[nH]c1. The number of rotatable bonds is 0. The molecule has 11 heavy (non-hydrogen) atoms. The van der Waals surface area contributed by atoms with E-state index in [4.69, 9.17) is 15.0 Å². The summed E-state index contributed by atoms with van der Waals surface area (Å²) in [5.41, 5.74) is 0. The van der Waals surface area contributed by atoms with E-state index in [9.17, 15) is 0 Å². The normalized spacial score (nSPS) is 5.82. The molecule has 0 bridgehead atoms. The smallest absolute Gasteiger partial charge is 0.652 e. The van der Waals surface area contributed by atoms with Crippen LogP contribution in [0.5, 0.6) is 0 Å². The van der Waals surface area contributed by atoms with Crippen molar-refractivity contribution in [1.29, 1.82) is 0 Å². The van der Waals surface area contributed by atoms with Crippen molar-refractivity contribution < 1.29 is 74.1 Å². The predicted molar refractivity (Wildman–Crippen MR) is 26.2 cm³/mol. The Kier molecular flexibility index (Phi) is 21.0. The van der Waals surface area contributed by atoms with Gasteiger partial charge in [-0.05, 0) is 18.3 Å². The van der Waals surface area contributed by atoms with E-state index in [1.165, 1.54) is 0 Å². The van der Waals surface area contributed by atoms with Gasteiger partial charge in [-0.25, -0.2) is 0 Å². The first-order chi connectivity index (χ1) is 4.23. The quantitative estimate of drug-likeness (QED) is 0.396. The number of H-pyrrole nitrogens is 1. The molecule has 0 aliphatic carbocycles. The molecule has 1 rings (SSSR count). The third kappa shape index (κ3) is 25.0. The van der Waals surface area contributed by atoms with Gasteiger partial charge in [0, 0.05) is 12.4 Å². The van der Waals surface area contributed by atoms with Crippen molar-refractivity contribution in [2.75, 3.05) is 0 Å². The van der Waals surface area contributed by atoms with Crippen LogP contribution in [0.1, 0.15) is 0 Å². The van der Waals surface area contributed by atoms with Crippen LogP contribution in [-0.2, 0) is 0 Å². The molecule has 1 heterocycles. The van der Waals surface area contributed by atoms with Crippen molar-refractivity contribution in [3.05, 3.63) is 24.5 Å². The van der Waals surface area contributed by atoms with Gasteiger partial charge in [0.25, 0.3) is 0 Å². The van der Waals surface area contributed by atoms with Crippen LogP contribution >= 0.6 is 0 Å². The minimum Gasteiger partial charge on any atom is -0.652 e. The third-order valence-corrected chi connectivity index (χ3v) is 0.496. The molecule has 1 aromatic heterocycles. The van der Waals surface area contributed by atoms with Gasteiger partial charge in [-0.3, -0.25) is 0 Å². The van der Waals surface area contributed by atoms with E-state index < -0.39 is 6.16 Å². The molecule has 0 spiro atoms. The molecule has 1 aromatic rings. The van der Waals surface area contributed by atoms with Crippen LogP contribution in [0.3, 0.4) is 0 Å². The van der Waals surface area contributed by atoms with Gasteiger partial charge in [-0.2, -0.15) is 0 Å². The summed E-state index contributed by atoms with van der Waals surface area (Å²) in [4.78, 5) is 11.2. The fourth-order valence-electron chi connectivity index (χ4n) is 0.278. The molecular formula is C5H5NNa2O3. The van der Waals surface area contributed by atoms with E-state index in [1.54, 1.807) is 0 Å². The van der Waals surface area contributed by atoms with E-state index in [1.807, 2.05) is 24.5 Å². The van der Waals surface area contributed by atoms with Crippen LogP contribution in [0.2, 0.25) is 0 Å². The van der Waals surface area contributed by atoms with Gasteiger partial charge < -0.3 is 20.0 Å². The fraction of sp³-hybridized carbons (Fsp3) is 0. The van der Waals surface area contributed by atoms with E-state index in [2.05, 4.69) is 4.98 Å². The van der Waals surface area contributed by atoms with Crippen molar-refractivity contribution in [3.8, 4) is 0 Å². The second-order valence-electron chi connectivity index (χ2n) is 1.13. The summed E-state index contributed by atoms with van der Waals surface area (Å²) in [5, 5.41) is 16.7. The van der Waals surface area contributed by atoms with Gasteiger partial charge in [0.1, 0.15) is 0 Å². The molecule has 0 fully saturated rings. The topological polar surface area (TPSA) is 79.0 Å². The van der Waals surface area contributed by atoms with Gasteiger partial charge in [0.05, 0.1) is 0 Å². The van der Waals surface area contributed by atoms with Gasteiger partial charge in [0.2, 0.25) is 0 Å². The first-order valence-corrected chi connectivity index (χ1v) is 2.19. The van der Waals surface area contributed by atoms with E-state index >= 15 is 0 Å². The molecule has 0 aromatic carbocycles. The number of aromatic amines is 1. The maximum Gasteiger partial charge on any atom is 1.00 e. The Hall–Kier alpha value is 0.550. The van der Waals surface area contributed by atoms with Crippen LogP contribution in [-0.4, -0.2) is 11.1 Å². The number of carboxylic acid groups (broad SMARTS) is 2. The summed E-state index contributed by atoms with van der Waals surface area (Å²) in [6.45, 7) is 0. The summed E-state index contributed by atoms with van der Waals surface area (Å²) in [6.07, 6.45) is 1.42. The van der Waals surface area contributed by atoms with Gasteiger partial charge in [-0.1, -0.05) is 0 Å². The average molecular weight is 173 g/mol. The number of carbonyl (C=O) groups excluding carboxylic acids is 1. The molecule has 0 unspecified atom stereocenters. The number of aromatic nitrogens is 1. The van der Waals surface area contributed by atoms with Gasteiger partial charge >= 0.3 is 59.1 Å². The maximum absolute atomic E-state index is 8.33. The zero-order valence-corrected chi connectivity index (χ0v) is 10.5. The zero-order valence-electron chi connectivity index (χ0n) is 6.53. The number of hydrogen-bond donors (Lipinski definition) is 1. The molecule has 0 saturated carbocycles. The standard InChI is InChI=1S/C4H5N.CH2O3.2Na/c1-2-4-5-3-1;2-1(3)4;;/h1-5H;(H2,2,3,4);;/q;;2*+1/p-2. The molecule has 6 heteroatoms. The van der Waals surface area contributed by atoms with Crippen molar-refractivity contribution in [1.82, 2.24) is 4.98 Å². The van der Waals surface area contributed by atoms with Crippen LogP contribution in [0.4, 0.5) is 4.79 Å². The monoisotopic (exact) mass is 173 g/mol. The molecule has 0 saturated heterocycles.